The summed E-state index contributed by atoms with van der Waals surface area (Å²) in [5.74, 6) is -1.31. The van der Waals surface area contributed by atoms with Gasteiger partial charge < -0.3 is 14.6 Å². The van der Waals surface area contributed by atoms with Gasteiger partial charge in [0.05, 0.1) is 6.61 Å². The van der Waals surface area contributed by atoms with E-state index in [9.17, 15) is 13.2 Å². The van der Waals surface area contributed by atoms with E-state index >= 15 is 0 Å². The molecule has 7 nitrogen and oxygen atoms in total. The molecule has 0 bridgehead atoms. The summed E-state index contributed by atoms with van der Waals surface area (Å²) in [5, 5.41) is 18.1. The molecule has 1 heterocycles. The summed E-state index contributed by atoms with van der Waals surface area (Å²) in [5.41, 5.74) is -0.366. The van der Waals surface area contributed by atoms with Gasteiger partial charge in [-0.1, -0.05) is 0 Å². The fourth-order valence-electron chi connectivity index (χ4n) is 1.72. The number of furan rings is 1. The molecule has 0 fully saturated rings. The second-order valence-electron chi connectivity index (χ2n) is 4.28. The number of carboxylic acids is 1. The molecule has 108 valence electrons. The van der Waals surface area contributed by atoms with Crippen LogP contribution in [-0.2, 0) is 10.0 Å². The molecule has 0 amide bonds. The number of aliphatic hydroxyl groups is 1. The van der Waals surface area contributed by atoms with Crippen molar-refractivity contribution in [3.8, 4) is 0 Å². The van der Waals surface area contributed by atoms with Crippen molar-refractivity contribution >= 4 is 16.0 Å². The van der Waals surface area contributed by atoms with Gasteiger partial charge in [0.25, 0.3) is 0 Å². The van der Waals surface area contributed by atoms with Crippen LogP contribution < -0.4 is 0 Å². The fraction of sp³-hybridized carbons (Fsp3) is 0.545. The number of aryl methyl sites for hydroxylation is 2. The average molecular weight is 291 g/mol. The third-order valence-electron chi connectivity index (χ3n) is 2.94. The largest absolute Gasteiger partial charge is 0.478 e. The van der Waals surface area contributed by atoms with Crippen LogP contribution >= 0.6 is 0 Å². The number of aliphatic hydroxyl groups excluding tert-OH is 1. The van der Waals surface area contributed by atoms with Crippen molar-refractivity contribution in [1.29, 1.82) is 0 Å². The van der Waals surface area contributed by atoms with Crippen LogP contribution in [0.1, 0.15) is 28.8 Å². The quantitative estimate of drug-likeness (QED) is 0.822. The van der Waals surface area contributed by atoms with E-state index in [4.69, 9.17) is 14.6 Å². The predicted octanol–water partition coefficient (Wildman–Crippen LogP) is 0.596. The van der Waals surface area contributed by atoms with Gasteiger partial charge >= 0.3 is 5.97 Å². The fourth-order valence-corrected chi connectivity index (χ4v) is 3.44. The summed E-state index contributed by atoms with van der Waals surface area (Å²) in [4.78, 5) is 10.8. The lowest BCUT2D eigenvalue weighted by atomic mass is 10.2. The van der Waals surface area contributed by atoms with Crippen molar-refractivity contribution in [3.05, 3.63) is 17.1 Å². The highest BCUT2D eigenvalue weighted by Crippen LogP contribution is 2.29. The first-order valence-corrected chi connectivity index (χ1v) is 7.00. The summed E-state index contributed by atoms with van der Waals surface area (Å²) in [6.45, 7) is 3.93. The van der Waals surface area contributed by atoms with Crippen molar-refractivity contribution < 1.29 is 27.8 Å². The van der Waals surface area contributed by atoms with E-state index in [1.807, 2.05) is 0 Å². The standard InChI is InChI=1S/C11H17NO6S/c1-6(5-13)12(4)19(16,17)10-8(3)18-7(2)9(10)11(14)15/h6,13H,5H2,1-4H3,(H,14,15). The Morgan fingerprint density at radius 1 is 1.37 bits per heavy atom. The highest BCUT2D eigenvalue weighted by Gasteiger charge is 2.35. The molecule has 0 aliphatic carbocycles. The normalized spacial score (nSPS) is 13.8. The molecule has 1 aromatic heterocycles. The molecule has 1 atom stereocenters. The van der Waals surface area contributed by atoms with Crippen LogP contribution in [0.2, 0.25) is 0 Å². The minimum atomic E-state index is -4.04. The molecule has 8 heteroatoms. The number of likely N-dealkylation sites (N-methyl/N-ethyl adjacent to an activating group) is 1. The number of nitrogens with zero attached hydrogens (tertiary/aromatic N) is 1. The molecular weight excluding hydrogens is 274 g/mol. The second kappa shape index (κ2) is 5.32. The van der Waals surface area contributed by atoms with Crippen LogP contribution in [0.5, 0.6) is 0 Å². The third-order valence-corrected chi connectivity index (χ3v) is 5.07. The molecule has 2 N–H and O–H groups in total. The Bertz CT molecular complexity index is 589. The van der Waals surface area contributed by atoms with Crippen molar-refractivity contribution in [2.75, 3.05) is 13.7 Å². The van der Waals surface area contributed by atoms with Gasteiger partial charge in [0.1, 0.15) is 22.0 Å². The maximum Gasteiger partial charge on any atom is 0.340 e. The van der Waals surface area contributed by atoms with Gasteiger partial charge in [-0.25, -0.2) is 13.2 Å². The molecular formula is C11H17NO6S. The summed E-state index contributed by atoms with van der Waals surface area (Å²) in [7, 11) is -2.76. The number of carbonyl (C=O) groups is 1. The Kier molecular flexibility index (Phi) is 4.39. The first-order valence-electron chi connectivity index (χ1n) is 5.56. The summed E-state index contributed by atoms with van der Waals surface area (Å²) < 4.78 is 30.8. The Morgan fingerprint density at radius 2 is 1.89 bits per heavy atom. The van der Waals surface area contributed by atoms with Gasteiger partial charge in [0, 0.05) is 13.1 Å². The first-order chi connectivity index (χ1) is 8.64. The molecule has 0 saturated carbocycles. The van der Waals surface area contributed by atoms with Crippen molar-refractivity contribution in [2.45, 2.75) is 31.7 Å². The summed E-state index contributed by atoms with van der Waals surface area (Å²) >= 11 is 0. The lowest BCUT2D eigenvalue weighted by molar-refractivity contribution is 0.0691. The Hall–Kier alpha value is -1.38. The molecule has 19 heavy (non-hydrogen) atoms. The minimum Gasteiger partial charge on any atom is -0.478 e. The molecule has 0 aromatic carbocycles. The zero-order chi connectivity index (χ0) is 15.0. The van der Waals surface area contributed by atoms with E-state index in [-0.39, 0.29) is 28.6 Å². The van der Waals surface area contributed by atoms with Crippen LogP contribution in [0.3, 0.4) is 0 Å². The Balaban J connectivity index is 3.49. The van der Waals surface area contributed by atoms with Crippen LogP contribution in [0, 0.1) is 13.8 Å². The summed E-state index contributed by atoms with van der Waals surface area (Å²) in [6.07, 6.45) is 0. The zero-order valence-electron chi connectivity index (χ0n) is 11.2. The topological polar surface area (TPSA) is 108 Å². The molecule has 1 aromatic rings. The van der Waals surface area contributed by atoms with E-state index in [1.165, 1.54) is 27.8 Å². The van der Waals surface area contributed by atoms with Gasteiger partial charge in [0.15, 0.2) is 0 Å². The monoisotopic (exact) mass is 291 g/mol. The van der Waals surface area contributed by atoms with E-state index < -0.39 is 22.0 Å². The van der Waals surface area contributed by atoms with E-state index in [2.05, 4.69) is 0 Å². The van der Waals surface area contributed by atoms with Crippen molar-refractivity contribution in [3.63, 3.8) is 0 Å². The zero-order valence-corrected chi connectivity index (χ0v) is 12.0. The molecule has 0 radical (unpaired) electrons. The van der Waals surface area contributed by atoms with Crippen LogP contribution in [0.4, 0.5) is 0 Å². The van der Waals surface area contributed by atoms with E-state index in [0.717, 1.165) is 4.31 Å². The summed E-state index contributed by atoms with van der Waals surface area (Å²) in [6, 6.07) is -0.666. The third kappa shape index (κ3) is 2.65. The van der Waals surface area contributed by atoms with Gasteiger partial charge in [-0.15, -0.1) is 0 Å². The smallest absolute Gasteiger partial charge is 0.340 e. The lowest BCUT2D eigenvalue weighted by Gasteiger charge is -2.22. The van der Waals surface area contributed by atoms with Crippen LogP contribution in [0.15, 0.2) is 9.31 Å². The maximum absolute atomic E-state index is 12.4. The Morgan fingerprint density at radius 3 is 2.32 bits per heavy atom. The number of hydrogen-bond acceptors (Lipinski definition) is 5. The SMILES string of the molecule is Cc1oc(C)c(S(=O)(=O)N(C)C(C)CO)c1C(=O)O. The van der Waals surface area contributed by atoms with Crippen LogP contribution in [-0.4, -0.2) is 48.6 Å². The molecule has 0 saturated heterocycles. The van der Waals surface area contributed by atoms with Gasteiger partial charge in [0.2, 0.25) is 10.0 Å². The van der Waals surface area contributed by atoms with Gasteiger partial charge in [-0.3, -0.25) is 0 Å². The average Bonchev–Trinajstić information content (AvgIpc) is 2.62. The first kappa shape index (κ1) is 15.7. The van der Waals surface area contributed by atoms with Gasteiger partial charge in [-0.2, -0.15) is 4.31 Å². The number of sulfonamides is 1. The number of rotatable bonds is 5. The molecule has 0 aliphatic rings. The molecule has 0 spiro atoms. The number of aromatic carboxylic acids is 1. The van der Waals surface area contributed by atoms with Crippen molar-refractivity contribution in [1.82, 2.24) is 4.31 Å². The van der Waals surface area contributed by atoms with Gasteiger partial charge in [-0.05, 0) is 20.8 Å². The lowest BCUT2D eigenvalue weighted by Crippen LogP contribution is -2.38. The number of carboxylic acid groups (broad SMARTS) is 1. The van der Waals surface area contributed by atoms with E-state index in [1.54, 1.807) is 0 Å². The highest BCUT2D eigenvalue weighted by molar-refractivity contribution is 7.89. The number of hydrogen-bond donors (Lipinski definition) is 2. The minimum absolute atomic E-state index is 0.0203. The van der Waals surface area contributed by atoms with E-state index in [0.29, 0.717) is 0 Å². The second-order valence-corrected chi connectivity index (χ2v) is 6.21. The molecule has 0 aliphatic heterocycles. The maximum atomic E-state index is 12.4. The Labute approximate surface area is 111 Å². The highest BCUT2D eigenvalue weighted by atomic mass is 32.2. The molecule has 1 rings (SSSR count). The van der Waals surface area contributed by atoms with Crippen molar-refractivity contribution in [2.24, 2.45) is 0 Å². The van der Waals surface area contributed by atoms with Crippen LogP contribution in [0.25, 0.3) is 0 Å². The molecule has 1 unspecified atom stereocenters. The predicted molar refractivity (Wildman–Crippen MR) is 66.6 cm³/mol.